The monoisotopic (exact) mass is 226 g/mol. The van der Waals surface area contributed by atoms with Crippen LogP contribution in [0.15, 0.2) is 11.1 Å². The second kappa shape index (κ2) is 4.13. The zero-order chi connectivity index (χ0) is 10.8. The topological polar surface area (TPSA) is 72.5 Å². The first kappa shape index (κ1) is 10.3. The Kier molecular flexibility index (Phi) is 2.85. The molecule has 1 N–H and O–H groups in total. The van der Waals surface area contributed by atoms with Crippen molar-refractivity contribution in [1.82, 2.24) is 19.6 Å². The molecule has 0 bridgehead atoms. The average Bonchev–Trinajstić information content (AvgIpc) is 2.59. The number of aliphatic hydroxyl groups is 1. The fourth-order valence-electron chi connectivity index (χ4n) is 1.26. The highest BCUT2D eigenvalue weighted by Crippen LogP contribution is 2.09. The van der Waals surface area contributed by atoms with E-state index in [1.165, 1.54) is 4.52 Å². The van der Waals surface area contributed by atoms with Crippen LogP contribution in [0.5, 0.6) is 0 Å². The normalized spacial score (nSPS) is 11.1. The molecule has 2 heterocycles. The predicted octanol–water partition coefficient (Wildman–Crippen LogP) is 0.0517. The molecule has 80 valence electrons. The Morgan fingerprint density at radius 1 is 1.53 bits per heavy atom. The molecule has 15 heavy (non-hydrogen) atoms. The smallest absolute Gasteiger partial charge is 0.253 e. The predicted molar refractivity (Wildman–Crippen MR) is 54.7 cm³/mol. The lowest BCUT2D eigenvalue weighted by Crippen LogP contribution is -2.01. The zero-order valence-corrected chi connectivity index (χ0v) is 8.98. The molecule has 0 aliphatic heterocycles. The standard InChI is InChI=1S/C8H10N4O2S/c1-14-4-6-9-8-10-7(15)2-5(3-13)12(8)11-6/h2,13H,3-4H2,1H3,(H,9,10,11,15). The number of thiol groups is 1. The number of aliphatic hydroxyl groups excluding tert-OH is 1. The number of hydrogen-bond acceptors (Lipinski definition) is 6. The van der Waals surface area contributed by atoms with Gasteiger partial charge in [0.25, 0.3) is 5.78 Å². The summed E-state index contributed by atoms with van der Waals surface area (Å²) < 4.78 is 6.39. The maximum Gasteiger partial charge on any atom is 0.253 e. The van der Waals surface area contributed by atoms with E-state index in [4.69, 9.17) is 9.84 Å². The molecule has 2 aromatic rings. The van der Waals surface area contributed by atoms with Gasteiger partial charge in [0.2, 0.25) is 0 Å². The van der Waals surface area contributed by atoms with Crippen molar-refractivity contribution in [2.75, 3.05) is 7.11 Å². The van der Waals surface area contributed by atoms with Crippen LogP contribution in [0.3, 0.4) is 0 Å². The van der Waals surface area contributed by atoms with Crippen LogP contribution in [-0.4, -0.2) is 31.8 Å². The van der Waals surface area contributed by atoms with Gasteiger partial charge in [-0.3, -0.25) is 0 Å². The maximum atomic E-state index is 9.12. The molecule has 0 fully saturated rings. The van der Waals surface area contributed by atoms with Gasteiger partial charge in [0.05, 0.1) is 17.3 Å². The second-order valence-corrected chi connectivity index (χ2v) is 3.39. The van der Waals surface area contributed by atoms with E-state index in [2.05, 4.69) is 27.7 Å². The van der Waals surface area contributed by atoms with E-state index in [-0.39, 0.29) is 6.61 Å². The fraction of sp³-hybridized carbons (Fsp3) is 0.375. The molecule has 0 saturated heterocycles. The van der Waals surface area contributed by atoms with Crippen molar-refractivity contribution in [3.63, 3.8) is 0 Å². The Hall–Kier alpha value is -1.18. The number of nitrogens with zero attached hydrogens (tertiary/aromatic N) is 4. The largest absolute Gasteiger partial charge is 0.390 e. The highest BCUT2D eigenvalue weighted by molar-refractivity contribution is 7.80. The quantitative estimate of drug-likeness (QED) is 0.571. The summed E-state index contributed by atoms with van der Waals surface area (Å²) in [4.78, 5) is 8.20. The van der Waals surface area contributed by atoms with Crippen molar-refractivity contribution in [2.45, 2.75) is 18.2 Å². The van der Waals surface area contributed by atoms with Gasteiger partial charge in [-0.2, -0.15) is 9.50 Å². The van der Waals surface area contributed by atoms with Crippen molar-refractivity contribution in [1.29, 1.82) is 0 Å². The van der Waals surface area contributed by atoms with Crippen molar-refractivity contribution in [2.24, 2.45) is 0 Å². The first-order chi connectivity index (χ1) is 7.24. The van der Waals surface area contributed by atoms with Gasteiger partial charge >= 0.3 is 0 Å². The molecule has 0 unspecified atom stereocenters. The van der Waals surface area contributed by atoms with Crippen LogP contribution in [0.4, 0.5) is 0 Å². The molecule has 7 heteroatoms. The van der Waals surface area contributed by atoms with Gasteiger partial charge < -0.3 is 9.84 Å². The van der Waals surface area contributed by atoms with Crippen LogP contribution >= 0.6 is 12.6 Å². The number of aromatic nitrogens is 4. The van der Waals surface area contributed by atoms with E-state index in [0.29, 0.717) is 28.9 Å². The minimum Gasteiger partial charge on any atom is -0.390 e. The van der Waals surface area contributed by atoms with Crippen molar-refractivity contribution in [3.8, 4) is 0 Å². The van der Waals surface area contributed by atoms with Crippen molar-refractivity contribution >= 4 is 18.4 Å². The Morgan fingerprint density at radius 2 is 2.33 bits per heavy atom. The van der Waals surface area contributed by atoms with Gasteiger partial charge in [0.1, 0.15) is 6.61 Å². The number of rotatable bonds is 3. The number of fused-ring (bicyclic) bond motifs is 1. The van der Waals surface area contributed by atoms with E-state index < -0.39 is 0 Å². The molecule has 0 radical (unpaired) electrons. The number of ether oxygens (including phenoxy) is 1. The van der Waals surface area contributed by atoms with Gasteiger partial charge in [-0.15, -0.1) is 17.7 Å². The Bertz CT molecular complexity index is 485. The SMILES string of the molecule is COCc1nc2nc(S)cc(CO)n2n1. The Balaban J connectivity index is 2.58. The van der Waals surface area contributed by atoms with Gasteiger partial charge in [-0.05, 0) is 6.07 Å². The van der Waals surface area contributed by atoms with E-state index in [9.17, 15) is 0 Å². The van der Waals surface area contributed by atoms with Gasteiger partial charge in [-0.25, -0.2) is 4.98 Å². The van der Waals surface area contributed by atoms with Crippen LogP contribution in [0, 0.1) is 0 Å². The molecule has 0 aliphatic rings. The molecular formula is C8H10N4O2S. The molecular weight excluding hydrogens is 216 g/mol. The molecule has 0 spiro atoms. The van der Waals surface area contributed by atoms with Crippen LogP contribution in [-0.2, 0) is 18.0 Å². The lowest BCUT2D eigenvalue weighted by molar-refractivity contribution is 0.178. The Morgan fingerprint density at radius 3 is 3.00 bits per heavy atom. The summed E-state index contributed by atoms with van der Waals surface area (Å²) >= 11 is 4.11. The van der Waals surface area contributed by atoms with Crippen molar-refractivity contribution < 1.29 is 9.84 Å². The van der Waals surface area contributed by atoms with Gasteiger partial charge in [0.15, 0.2) is 5.82 Å². The highest BCUT2D eigenvalue weighted by Gasteiger charge is 2.08. The van der Waals surface area contributed by atoms with E-state index >= 15 is 0 Å². The summed E-state index contributed by atoms with van der Waals surface area (Å²) in [6.07, 6.45) is 0. The van der Waals surface area contributed by atoms with E-state index in [1.54, 1.807) is 13.2 Å². The van der Waals surface area contributed by atoms with Gasteiger partial charge in [0, 0.05) is 7.11 Å². The molecule has 0 aliphatic carbocycles. The molecule has 2 rings (SSSR count). The third-order valence-corrected chi connectivity index (χ3v) is 2.08. The highest BCUT2D eigenvalue weighted by atomic mass is 32.1. The fourth-order valence-corrected chi connectivity index (χ4v) is 1.50. The van der Waals surface area contributed by atoms with Crippen LogP contribution in [0.1, 0.15) is 11.5 Å². The second-order valence-electron chi connectivity index (χ2n) is 2.94. The summed E-state index contributed by atoms with van der Waals surface area (Å²) in [5, 5.41) is 13.8. The summed E-state index contributed by atoms with van der Waals surface area (Å²) in [6.45, 7) is 0.179. The molecule has 0 saturated carbocycles. The molecule has 0 aromatic carbocycles. The third-order valence-electron chi connectivity index (χ3n) is 1.85. The Labute approximate surface area is 91.3 Å². The zero-order valence-electron chi connectivity index (χ0n) is 8.08. The summed E-state index contributed by atoms with van der Waals surface area (Å²) in [5.41, 5.74) is 0.597. The first-order valence-electron chi connectivity index (χ1n) is 4.29. The molecule has 2 aromatic heterocycles. The number of methoxy groups -OCH3 is 1. The minimum atomic E-state index is -0.137. The molecule has 0 amide bonds. The third kappa shape index (κ3) is 1.94. The minimum absolute atomic E-state index is 0.137. The van der Waals surface area contributed by atoms with E-state index in [0.717, 1.165) is 0 Å². The first-order valence-corrected chi connectivity index (χ1v) is 4.73. The lowest BCUT2D eigenvalue weighted by atomic mass is 10.4. The molecule has 0 atom stereocenters. The lowest BCUT2D eigenvalue weighted by Gasteiger charge is -1.99. The van der Waals surface area contributed by atoms with Crippen molar-refractivity contribution in [3.05, 3.63) is 17.6 Å². The van der Waals surface area contributed by atoms with Gasteiger partial charge in [-0.1, -0.05) is 0 Å². The number of hydrogen-bond donors (Lipinski definition) is 2. The maximum absolute atomic E-state index is 9.12. The summed E-state index contributed by atoms with van der Waals surface area (Å²) in [7, 11) is 1.57. The molecule has 6 nitrogen and oxygen atoms in total. The van der Waals surface area contributed by atoms with Crippen LogP contribution in [0.25, 0.3) is 5.78 Å². The summed E-state index contributed by atoms with van der Waals surface area (Å²) in [6, 6.07) is 1.64. The summed E-state index contributed by atoms with van der Waals surface area (Å²) in [5.74, 6) is 0.942. The van der Waals surface area contributed by atoms with Crippen LogP contribution < -0.4 is 0 Å². The van der Waals surface area contributed by atoms with E-state index in [1.807, 2.05) is 0 Å². The van der Waals surface area contributed by atoms with Crippen LogP contribution in [0.2, 0.25) is 0 Å². The average molecular weight is 226 g/mol.